The van der Waals surface area contributed by atoms with Crippen molar-refractivity contribution in [1.82, 2.24) is 14.6 Å². The molecule has 5 nitrogen and oxygen atoms in total. The van der Waals surface area contributed by atoms with Gasteiger partial charge < -0.3 is 5.32 Å². The van der Waals surface area contributed by atoms with Gasteiger partial charge in [0.15, 0.2) is 5.69 Å². The Morgan fingerprint density at radius 1 is 1.23 bits per heavy atom. The first-order valence-corrected chi connectivity index (χ1v) is 7.95. The van der Waals surface area contributed by atoms with Crippen LogP contribution in [-0.4, -0.2) is 20.5 Å². The van der Waals surface area contributed by atoms with E-state index < -0.39 is 0 Å². The van der Waals surface area contributed by atoms with Gasteiger partial charge in [-0.3, -0.25) is 4.79 Å². The summed E-state index contributed by atoms with van der Waals surface area (Å²) in [6.45, 7) is 8.30. The number of aryl methyl sites for hydroxylation is 1. The first-order valence-electron chi connectivity index (χ1n) is 7.07. The van der Waals surface area contributed by atoms with Gasteiger partial charge in [-0.2, -0.15) is 9.61 Å². The van der Waals surface area contributed by atoms with Crippen LogP contribution in [-0.2, 0) is 5.41 Å². The fourth-order valence-electron chi connectivity index (χ4n) is 2.30. The maximum Gasteiger partial charge on any atom is 0.276 e. The zero-order valence-electron chi connectivity index (χ0n) is 13.0. The summed E-state index contributed by atoms with van der Waals surface area (Å²) in [5.41, 5.74) is 4.93. The van der Waals surface area contributed by atoms with Crippen molar-refractivity contribution in [3.63, 3.8) is 0 Å². The highest BCUT2D eigenvalue weighted by molar-refractivity contribution is 7.14. The van der Waals surface area contributed by atoms with E-state index in [-0.39, 0.29) is 11.3 Å². The molecular formula is C16H18N4OS. The second kappa shape index (κ2) is 5.21. The van der Waals surface area contributed by atoms with Crippen LogP contribution in [0.3, 0.4) is 0 Å². The predicted octanol–water partition coefficient (Wildman–Crippen LogP) is 3.65. The number of imidazole rings is 1. The second-order valence-corrected chi connectivity index (χ2v) is 7.07. The predicted molar refractivity (Wildman–Crippen MR) is 88.7 cm³/mol. The van der Waals surface area contributed by atoms with E-state index in [1.54, 1.807) is 10.0 Å². The number of hydrogen-bond acceptors (Lipinski definition) is 4. The van der Waals surface area contributed by atoms with E-state index in [0.717, 1.165) is 10.6 Å². The van der Waals surface area contributed by atoms with Gasteiger partial charge in [-0.05, 0) is 30.0 Å². The third-order valence-corrected chi connectivity index (χ3v) is 4.22. The number of anilines is 1. The topological polar surface area (TPSA) is 59.3 Å². The molecule has 2 aromatic heterocycles. The highest BCUT2D eigenvalue weighted by Crippen LogP contribution is 2.24. The van der Waals surface area contributed by atoms with Crippen molar-refractivity contribution in [2.45, 2.75) is 33.1 Å². The minimum atomic E-state index is -0.195. The summed E-state index contributed by atoms with van der Waals surface area (Å²) in [7, 11) is 0. The molecule has 0 fully saturated rings. The number of amides is 1. The third-order valence-electron chi connectivity index (χ3n) is 3.54. The Morgan fingerprint density at radius 3 is 2.55 bits per heavy atom. The van der Waals surface area contributed by atoms with Crippen LogP contribution in [0.25, 0.3) is 4.96 Å². The number of carbonyl (C=O) groups excluding carboxylic acids is 1. The average Bonchev–Trinajstić information content (AvgIpc) is 2.97. The lowest BCUT2D eigenvalue weighted by Crippen LogP contribution is -2.16. The van der Waals surface area contributed by atoms with Crippen LogP contribution >= 0.6 is 11.3 Å². The summed E-state index contributed by atoms with van der Waals surface area (Å²) in [6, 6.07) is 7.93. The highest BCUT2D eigenvalue weighted by atomic mass is 32.1. The molecule has 1 N–H and O–H groups in total. The lowest BCUT2D eigenvalue weighted by Gasteiger charge is -2.19. The molecule has 0 saturated carbocycles. The number of aromatic nitrogens is 3. The normalized spacial score (nSPS) is 11.8. The Hall–Kier alpha value is -2.21. The lowest BCUT2D eigenvalue weighted by atomic mass is 9.87. The molecule has 0 spiro atoms. The number of rotatable bonds is 2. The van der Waals surface area contributed by atoms with Crippen LogP contribution in [0.1, 0.15) is 42.5 Å². The molecule has 0 aliphatic rings. The summed E-state index contributed by atoms with van der Waals surface area (Å²) >= 11 is 1.41. The summed E-state index contributed by atoms with van der Waals surface area (Å²) in [5.74, 6) is -0.195. The van der Waals surface area contributed by atoms with Gasteiger partial charge in [0.25, 0.3) is 5.91 Å². The van der Waals surface area contributed by atoms with Crippen LogP contribution in [0, 0.1) is 6.92 Å². The monoisotopic (exact) mass is 314 g/mol. The lowest BCUT2D eigenvalue weighted by molar-refractivity contribution is 0.102. The maximum absolute atomic E-state index is 12.5. The van der Waals surface area contributed by atoms with Crippen LogP contribution in [0.15, 0.2) is 29.8 Å². The van der Waals surface area contributed by atoms with E-state index in [0.29, 0.717) is 11.4 Å². The number of nitrogens with one attached hydrogen (secondary N) is 1. The Kier molecular flexibility index (Phi) is 3.48. The molecule has 0 radical (unpaired) electrons. The van der Waals surface area contributed by atoms with Crippen molar-refractivity contribution >= 4 is 27.9 Å². The quantitative estimate of drug-likeness (QED) is 0.785. The molecule has 0 bridgehead atoms. The molecule has 1 aromatic carbocycles. The molecule has 0 atom stereocenters. The van der Waals surface area contributed by atoms with Crippen molar-refractivity contribution in [1.29, 1.82) is 0 Å². The standard InChI is InChI=1S/C16H18N4OS/c1-10-13(20-15(18-10)22-9-17-20)14(21)19-12-7-5-11(6-8-12)16(2,3)4/h5-9H,1-4H3,(H,19,21). The largest absolute Gasteiger partial charge is 0.321 e. The van der Waals surface area contributed by atoms with E-state index in [1.165, 1.54) is 16.9 Å². The zero-order chi connectivity index (χ0) is 15.9. The number of carbonyl (C=O) groups is 1. The fraction of sp³-hybridized carbons (Fsp3) is 0.312. The molecule has 114 valence electrons. The van der Waals surface area contributed by atoms with Crippen LogP contribution < -0.4 is 5.32 Å². The van der Waals surface area contributed by atoms with Crippen molar-refractivity contribution < 1.29 is 4.79 Å². The summed E-state index contributed by atoms with van der Waals surface area (Å²) in [5, 5.41) is 7.07. The molecule has 3 rings (SSSR count). The molecule has 0 unspecified atom stereocenters. The minimum Gasteiger partial charge on any atom is -0.321 e. The van der Waals surface area contributed by atoms with E-state index in [9.17, 15) is 4.79 Å². The van der Waals surface area contributed by atoms with Crippen LogP contribution in [0.4, 0.5) is 5.69 Å². The molecule has 1 amide bonds. The van der Waals surface area contributed by atoms with Crippen LogP contribution in [0.5, 0.6) is 0 Å². The fourth-order valence-corrected chi connectivity index (χ4v) is 2.96. The zero-order valence-corrected chi connectivity index (χ0v) is 13.9. The first-order chi connectivity index (χ1) is 10.4. The Labute approximate surface area is 133 Å². The Balaban J connectivity index is 1.85. The third kappa shape index (κ3) is 2.62. The number of nitrogens with zero attached hydrogens (tertiary/aromatic N) is 3. The number of benzene rings is 1. The molecule has 0 aliphatic heterocycles. The molecule has 3 aromatic rings. The van der Waals surface area contributed by atoms with E-state index in [2.05, 4.69) is 36.2 Å². The van der Waals surface area contributed by atoms with Crippen molar-refractivity contribution in [2.75, 3.05) is 5.32 Å². The summed E-state index contributed by atoms with van der Waals surface area (Å²) in [4.78, 5) is 17.6. The van der Waals surface area contributed by atoms with Crippen molar-refractivity contribution in [3.05, 3.63) is 46.7 Å². The van der Waals surface area contributed by atoms with Gasteiger partial charge in [0.05, 0.1) is 5.69 Å². The SMILES string of the molecule is Cc1nc2scnn2c1C(=O)Nc1ccc(C(C)(C)C)cc1. The molecule has 2 heterocycles. The van der Waals surface area contributed by atoms with E-state index in [1.807, 2.05) is 31.2 Å². The smallest absolute Gasteiger partial charge is 0.276 e. The Bertz CT molecular complexity index is 824. The summed E-state index contributed by atoms with van der Waals surface area (Å²) < 4.78 is 1.58. The van der Waals surface area contributed by atoms with Gasteiger partial charge in [0, 0.05) is 5.69 Å². The molecular weight excluding hydrogens is 296 g/mol. The average molecular weight is 314 g/mol. The van der Waals surface area contributed by atoms with Gasteiger partial charge in [-0.15, -0.1) is 0 Å². The minimum absolute atomic E-state index is 0.0946. The molecule has 0 aliphatic carbocycles. The maximum atomic E-state index is 12.5. The van der Waals surface area contributed by atoms with Crippen molar-refractivity contribution in [2.24, 2.45) is 0 Å². The van der Waals surface area contributed by atoms with Crippen LogP contribution in [0.2, 0.25) is 0 Å². The highest BCUT2D eigenvalue weighted by Gasteiger charge is 2.19. The molecule has 0 saturated heterocycles. The van der Waals surface area contributed by atoms with E-state index >= 15 is 0 Å². The van der Waals surface area contributed by atoms with Gasteiger partial charge in [-0.1, -0.05) is 44.2 Å². The Morgan fingerprint density at radius 2 is 1.91 bits per heavy atom. The first kappa shape index (κ1) is 14.7. The summed E-state index contributed by atoms with van der Waals surface area (Å²) in [6.07, 6.45) is 0. The molecule has 6 heteroatoms. The van der Waals surface area contributed by atoms with Gasteiger partial charge in [-0.25, -0.2) is 4.98 Å². The van der Waals surface area contributed by atoms with Gasteiger partial charge >= 0.3 is 0 Å². The number of fused-ring (bicyclic) bond motifs is 1. The van der Waals surface area contributed by atoms with E-state index in [4.69, 9.17) is 0 Å². The van der Waals surface area contributed by atoms with Gasteiger partial charge in [0.1, 0.15) is 5.51 Å². The molecule has 22 heavy (non-hydrogen) atoms. The number of hydrogen-bond donors (Lipinski definition) is 1. The van der Waals surface area contributed by atoms with Crippen molar-refractivity contribution in [3.8, 4) is 0 Å². The second-order valence-electron chi connectivity index (χ2n) is 6.26. The van der Waals surface area contributed by atoms with Gasteiger partial charge in [0.2, 0.25) is 4.96 Å².